The zero-order chi connectivity index (χ0) is 20.3. The fourth-order valence-corrected chi connectivity index (χ4v) is 4.38. The predicted octanol–water partition coefficient (Wildman–Crippen LogP) is 3.43. The van der Waals surface area contributed by atoms with Gasteiger partial charge in [-0.1, -0.05) is 53.5 Å². The van der Waals surface area contributed by atoms with Gasteiger partial charge in [0, 0.05) is 23.5 Å². The molecule has 0 aromatic heterocycles. The maximum atomic E-state index is 13.2. The van der Waals surface area contributed by atoms with Crippen LogP contribution in [-0.2, 0) is 6.42 Å². The number of amides is 1. The number of ether oxygens (including phenoxy) is 1. The van der Waals surface area contributed by atoms with E-state index in [2.05, 4.69) is 0 Å². The molecule has 28 heavy (non-hydrogen) atoms. The van der Waals surface area contributed by atoms with Gasteiger partial charge in [0.25, 0.3) is 5.91 Å². The molecule has 0 spiro atoms. The van der Waals surface area contributed by atoms with E-state index in [1.165, 1.54) is 19.2 Å². The molecule has 2 aromatic rings. The number of aliphatic hydroxyl groups is 2. The Kier molecular flexibility index (Phi) is 6.50. The summed E-state index contributed by atoms with van der Waals surface area (Å²) in [6.45, 7) is 0.343. The van der Waals surface area contributed by atoms with Crippen LogP contribution in [0.4, 0.5) is 0 Å². The first-order chi connectivity index (χ1) is 13.4. The second kappa shape index (κ2) is 8.70. The molecule has 150 valence electrons. The zero-order valence-electron chi connectivity index (χ0n) is 15.6. The van der Waals surface area contributed by atoms with Crippen LogP contribution in [0.15, 0.2) is 42.5 Å². The lowest BCUT2D eigenvalue weighted by molar-refractivity contribution is -0.0669. The summed E-state index contributed by atoms with van der Waals surface area (Å²) < 4.78 is 5.30. The van der Waals surface area contributed by atoms with Crippen molar-refractivity contribution < 1.29 is 19.7 Å². The van der Waals surface area contributed by atoms with Crippen LogP contribution in [0, 0.1) is 5.41 Å². The number of hydrogen-bond donors (Lipinski definition) is 2. The minimum absolute atomic E-state index is 0.214. The summed E-state index contributed by atoms with van der Waals surface area (Å²) in [6, 6.07) is 12.7. The van der Waals surface area contributed by atoms with Gasteiger partial charge in [0.1, 0.15) is 5.75 Å². The third-order valence-corrected chi connectivity index (χ3v) is 5.83. The molecule has 0 bridgehead atoms. The van der Waals surface area contributed by atoms with Crippen LogP contribution in [0.3, 0.4) is 0 Å². The topological polar surface area (TPSA) is 70.0 Å². The molecule has 0 radical (unpaired) electrons. The van der Waals surface area contributed by atoms with Gasteiger partial charge in [-0.2, -0.15) is 0 Å². The quantitative estimate of drug-likeness (QED) is 0.772. The Morgan fingerprint density at radius 1 is 1.29 bits per heavy atom. The maximum Gasteiger partial charge on any atom is 0.257 e. The molecule has 1 fully saturated rings. The Morgan fingerprint density at radius 3 is 2.64 bits per heavy atom. The number of halogens is 2. The second-order valence-electron chi connectivity index (χ2n) is 7.18. The summed E-state index contributed by atoms with van der Waals surface area (Å²) in [6.07, 6.45) is 0.116. The SMILES string of the molecule is COc1c(Cl)cc(Cl)cc1C(=O)N1CC[C@H](O)[C@](CO)(Cc2ccccc2)C1. The van der Waals surface area contributed by atoms with Crippen LogP contribution < -0.4 is 4.74 Å². The first kappa shape index (κ1) is 20.9. The summed E-state index contributed by atoms with van der Waals surface area (Å²) in [5.74, 6) is -0.0288. The van der Waals surface area contributed by atoms with Gasteiger partial charge in [-0.25, -0.2) is 0 Å². The molecule has 3 rings (SSSR count). The van der Waals surface area contributed by atoms with E-state index in [1.54, 1.807) is 4.90 Å². The number of aliphatic hydroxyl groups excluding tert-OH is 2. The van der Waals surface area contributed by atoms with E-state index >= 15 is 0 Å². The highest BCUT2D eigenvalue weighted by atomic mass is 35.5. The lowest BCUT2D eigenvalue weighted by Crippen LogP contribution is -2.56. The first-order valence-electron chi connectivity index (χ1n) is 9.05. The van der Waals surface area contributed by atoms with E-state index in [1.807, 2.05) is 30.3 Å². The highest BCUT2D eigenvalue weighted by molar-refractivity contribution is 6.36. The van der Waals surface area contributed by atoms with Crippen LogP contribution in [0.1, 0.15) is 22.3 Å². The van der Waals surface area contributed by atoms with Crippen LogP contribution in [0.25, 0.3) is 0 Å². The van der Waals surface area contributed by atoms with E-state index in [0.717, 1.165) is 5.56 Å². The Balaban J connectivity index is 1.90. The van der Waals surface area contributed by atoms with Gasteiger partial charge < -0.3 is 19.8 Å². The van der Waals surface area contributed by atoms with Gasteiger partial charge in [0.2, 0.25) is 0 Å². The highest BCUT2D eigenvalue weighted by Crippen LogP contribution is 2.37. The summed E-state index contributed by atoms with van der Waals surface area (Å²) >= 11 is 12.3. The smallest absolute Gasteiger partial charge is 0.257 e. The lowest BCUT2D eigenvalue weighted by atomic mass is 9.73. The van der Waals surface area contributed by atoms with Crippen LogP contribution in [0.2, 0.25) is 10.0 Å². The van der Waals surface area contributed by atoms with E-state index in [0.29, 0.717) is 24.4 Å². The molecule has 0 unspecified atom stereocenters. The van der Waals surface area contributed by atoms with Crippen molar-refractivity contribution in [2.24, 2.45) is 5.41 Å². The van der Waals surface area contributed by atoms with Crippen molar-refractivity contribution in [1.82, 2.24) is 4.90 Å². The average molecular weight is 424 g/mol. The second-order valence-corrected chi connectivity index (χ2v) is 8.03. The highest BCUT2D eigenvalue weighted by Gasteiger charge is 2.44. The Bertz CT molecular complexity index is 846. The van der Waals surface area contributed by atoms with Gasteiger partial charge in [0.05, 0.1) is 30.4 Å². The molecule has 0 saturated carbocycles. The number of likely N-dealkylation sites (tertiary alicyclic amines) is 1. The van der Waals surface area contributed by atoms with Crippen LogP contribution in [0.5, 0.6) is 5.75 Å². The van der Waals surface area contributed by atoms with E-state index in [-0.39, 0.29) is 35.4 Å². The summed E-state index contributed by atoms with van der Waals surface area (Å²) in [5.41, 5.74) is 0.418. The van der Waals surface area contributed by atoms with Crippen molar-refractivity contribution >= 4 is 29.1 Å². The molecule has 1 aliphatic rings. The molecular weight excluding hydrogens is 401 g/mol. The van der Waals surface area contributed by atoms with E-state index < -0.39 is 11.5 Å². The van der Waals surface area contributed by atoms with Crippen molar-refractivity contribution in [2.75, 3.05) is 26.8 Å². The number of hydrogen-bond acceptors (Lipinski definition) is 4. The lowest BCUT2D eigenvalue weighted by Gasteiger charge is -2.45. The molecule has 7 heteroatoms. The third-order valence-electron chi connectivity index (χ3n) is 5.33. The van der Waals surface area contributed by atoms with Crippen molar-refractivity contribution in [3.8, 4) is 5.75 Å². The molecule has 1 aliphatic heterocycles. The Labute approximate surface area is 174 Å². The van der Waals surface area contributed by atoms with Crippen molar-refractivity contribution in [2.45, 2.75) is 18.9 Å². The van der Waals surface area contributed by atoms with Gasteiger partial charge in [-0.3, -0.25) is 4.79 Å². The summed E-state index contributed by atoms with van der Waals surface area (Å²) in [5, 5.41) is 21.4. The minimum atomic E-state index is -0.842. The molecule has 0 aliphatic carbocycles. The monoisotopic (exact) mass is 423 g/mol. The Morgan fingerprint density at radius 2 is 2.00 bits per heavy atom. The number of benzene rings is 2. The number of nitrogens with zero attached hydrogens (tertiary/aromatic N) is 1. The largest absolute Gasteiger partial charge is 0.494 e. The fourth-order valence-electron chi connectivity index (χ4n) is 3.81. The van der Waals surface area contributed by atoms with Crippen LogP contribution >= 0.6 is 23.2 Å². The minimum Gasteiger partial charge on any atom is -0.494 e. The molecule has 5 nitrogen and oxygen atoms in total. The van der Waals surface area contributed by atoms with Gasteiger partial charge in [-0.05, 0) is 30.5 Å². The van der Waals surface area contributed by atoms with Crippen molar-refractivity contribution in [3.63, 3.8) is 0 Å². The fraction of sp³-hybridized carbons (Fsp3) is 0.381. The number of piperidine rings is 1. The van der Waals surface area contributed by atoms with Gasteiger partial charge >= 0.3 is 0 Å². The maximum absolute atomic E-state index is 13.2. The molecule has 1 heterocycles. The first-order valence-corrected chi connectivity index (χ1v) is 9.81. The average Bonchev–Trinajstić information content (AvgIpc) is 2.69. The van der Waals surface area contributed by atoms with Gasteiger partial charge in [-0.15, -0.1) is 0 Å². The number of methoxy groups -OCH3 is 1. The van der Waals surface area contributed by atoms with Gasteiger partial charge in [0.15, 0.2) is 0 Å². The predicted molar refractivity (Wildman–Crippen MR) is 109 cm³/mol. The standard InChI is InChI=1S/C21H23Cl2NO4/c1-28-19-16(9-15(22)10-17(19)23)20(27)24-8-7-18(26)21(12-24,13-25)11-14-5-3-2-4-6-14/h2-6,9-10,18,25-26H,7-8,11-13H2,1H3/t18-,21+/m0/s1. The number of carbonyl (C=O) groups is 1. The normalized spacial score (nSPS) is 22.2. The molecule has 2 aromatic carbocycles. The molecule has 2 N–H and O–H groups in total. The van der Waals surface area contributed by atoms with Crippen molar-refractivity contribution in [1.29, 1.82) is 0 Å². The summed E-state index contributed by atoms with van der Waals surface area (Å²) in [7, 11) is 1.44. The zero-order valence-corrected chi connectivity index (χ0v) is 17.1. The molecule has 2 atom stereocenters. The van der Waals surface area contributed by atoms with E-state index in [4.69, 9.17) is 27.9 Å². The number of rotatable bonds is 5. The number of carbonyl (C=O) groups excluding carboxylic acids is 1. The third kappa shape index (κ3) is 4.13. The molecule has 1 amide bonds. The molecule has 1 saturated heterocycles. The van der Waals surface area contributed by atoms with E-state index in [9.17, 15) is 15.0 Å². The van der Waals surface area contributed by atoms with Crippen molar-refractivity contribution in [3.05, 3.63) is 63.6 Å². The Hall–Kier alpha value is -1.79. The van der Waals surface area contributed by atoms with Crippen LogP contribution in [-0.4, -0.2) is 53.9 Å². The summed E-state index contributed by atoms with van der Waals surface area (Å²) in [4.78, 5) is 14.8. The molecular formula is C21H23Cl2NO4.